The van der Waals surface area contributed by atoms with Crippen molar-refractivity contribution in [2.24, 2.45) is 0 Å². The molecule has 0 unspecified atom stereocenters. The van der Waals surface area contributed by atoms with E-state index in [2.05, 4.69) is 10.6 Å². The Labute approximate surface area is 169 Å². The molecule has 0 spiro atoms. The molecule has 7 nitrogen and oxygen atoms in total. The summed E-state index contributed by atoms with van der Waals surface area (Å²) in [7, 11) is 0. The fourth-order valence-electron chi connectivity index (χ4n) is 3.05. The van der Waals surface area contributed by atoms with Crippen molar-refractivity contribution in [3.05, 3.63) is 105 Å². The Bertz CT molecular complexity index is 1290. The van der Waals surface area contributed by atoms with Crippen LogP contribution in [0.3, 0.4) is 0 Å². The van der Waals surface area contributed by atoms with Crippen LogP contribution >= 0.6 is 0 Å². The zero-order valence-electron chi connectivity index (χ0n) is 15.6. The molecular formula is C22H16FN3O4. The number of halogens is 1. The van der Waals surface area contributed by atoms with E-state index in [1.807, 2.05) is 18.2 Å². The highest BCUT2D eigenvalue weighted by Crippen LogP contribution is 2.28. The number of anilines is 3. The van der Waals surface area contributed by atoms with Gasteiger partial charge >= 0.3 is 5.63 Å². The van der Waals surface area contributed by atoms with Crippen LogP contribution in [0.15, 0.2) is 82.0 Å². The number of nitro benzene ring substituents is 1. The van der Waals surface area contributed by atoms with Gasteiger partial charge in [0.1, 0.15) is 11.4 Å². The first-order valence-electron chi connectivity index (χ1n) is 9.06. The molecule has 4 aromatic rings. The summed E-state index contributed by atoms with van der Waals surface area (Å²) in [4.78, 5) is 22.4. The predicted octanol–water partition coefficient (Wildman–Crippen LogP) is 5.20. The van der Waals surface area contributed by atoms with Gasteiger partial charge in [0.05, 0.1) is 10.6 Å². The molecule has 2 N–H and O–H groups in total. The molecule has 0 saturated heterocycles. The summed E-state index contributed by atoms with van der Waals surface area (Å²) >= 11 is 0. The lowest BCUT2D eigenvalue weighted by Gasteiger charge is -2.11. The standard InChI is InChI=1S/C22H16FN3O4/c23-15-3-1-2-14(10-15)13-24-16-4-6-17(7-5-16)25-20-12-22(27)30-21-9-8-18(26(28)29)11-19(20)21/h1-12,24-25H,13H2. The highest BCUT2D eigenvalue weighted by Gasteiger charge is 2.12. The van der Waals surface area contributed by atoms with Gasteiger partial charge in [0.25, 0.3) is 5.69 Å². The zero-order valence-corrected chi connectivity index (χ0v) is 15.6. The molecular weight excluding hydrogens is 389 g/mol. The topological polar surface area (TPSA) is 97.4 Å². The molecule has 0 aliphatic rings. The number of nitro groups is 1. The third kappa shape index (κ3) is 4.27. The first-order chi connectivity index (χ1) is 14.5. The van der Waals surface area contributed by atoms with E-state index in [-0.39, 0.29) is 17.1 Å². The lowest BCUT2D eigenvalue weighted by molar-refractivity contribution is -0.384. The van der Waals surface area contributed by atoms with Gasteiger partial charge in [0.2, 0.25) is 0 Å². The maximum atomic E-state index is 13.3. The van der Waals surface area contributed by atoms with Gasteiger partial charge in [-0.25, -0.2) is 9.18 Å². The number of fused-ring (bicyclic) bond motifs is 1. The van der Waals surface area contributed by atoms with Crippen LogP contribution in [0.2, 0.25) is 0 Å². The van der Waals surface area contributed by atoms with E-state index in [9.17, 15) is 19.3 Å². The van der Waals surface area contributed by atoms with Crippen molar-refractivity contribution in [1.82, 2.24) is 0 Å². The molecule has 0 atom stereocenters. The van der Waals surface area contributed by atoms with Crippen LogP contribution in [0.1, 0.15) is 5.56 Å². The minimum atomic E-state index is -0.563. The molecule has 3 aromatic carbocycles. The van der Waals surface area contributed by atoms with Crippen LogP contribution in [-0.4, -0.2) is 4.92 Å². The summed E-state index contributed by atoms with van der Waals surface area (Å²) in [5, 5.41) is 17.8. The van der Waals surface area contributed by atoms with E-state index in [4.69, 9.17) is 4.42 Å². The van der Waals surface area contributed by atoms with Gasteiger partial charge in [-0.15, -0.1) is 0 Å². The van der Waals surface area contributed by atoms with Crippen LogP contribution in [0, 0.1) is 15.9 Å². The lowest BCUT2D eigenvalue weighted by Crippen LogP contribution is -2.02. The summed E-state index contributed by atoms with van der Waals surface area (Å²) in [6, 6.07) is 18.9. The maximum Gasteiger partial charge on any atom is 0.338 e. The molecule has 0 fully saturated rings. The molecule has 0 bridgehead atoms. The highest BCUT2D eigenvalue weighted by atomic mass is 19.1. The monoisotopic (exact) mass is 405 g/mol. The van der Waals surface area contributed by atoms with Gasteiger partial charge in [-0.3, -0.25) is 10.1 Å². The largest absolute Gasteiger partial charge is 0.423 e. The number of nitrogens with one attached hydrogen (secondary N) is 2. The Morgan fingerprint density at radius 2 is 1.73 bits per heavy atom. The smallest absolute Gasteiger partial charge is 0.338 e. The first-order valence-corrected chi connectivity index (χ1v) is 9.06. The van der Waals surface area contributed by atoms with Gasteiger partial charge in [0.15, 0.2) is 0 Å². The van der Waals surface area contributed by atoms with Crippen molar-refractivity contribution in [2.45, 2.75) is 6.54 Å². The summed E-state index contributed by atoms with van der Waals surface area (Å²) in [5.74, 6) is -0.284. The average molecular weight is 405 g/mol. The average Bonchev–Trinajstić information content (AvgIpc) is 2.73. The zero-order chi connectivity index (χ0) is 21.1. The molecule has 1 heterocycles. The summed E-state index contributed by atoms with van der Waals surface area (Å²) in [6.07, 6.45) is 0. The summed E-state index contributed by atoms with van der Waals surface area (Å²) in [6.45, 7) is 0.471. The molecule has 0 amide bonds. The van der Waals surface area contributed by atoms with E-state index in [0.717, 1.165) is 11.3 Å². The Hall–Kier alpha value is -4.20. The Morgan fingerprint density at radius 3 is 2.47 bits per heavy atom. The molecule has 8 heteroatoms. The second-order valence-corrected chi connectivity index (χ2v) is 6.60. The van der Waals surface area contributed by atoms with Crippen LogP contribution < -0.4 is 16.3 Å². The van der Waals surface area contributed by atoms with E-state index < -0.39 is 10.5 Å². The quantitative estimate of drug-likeness (QED) is 0.260. The lowest BCUT2D eigenvalue weighted by atomic mass is 10.1. The van der Waals surface area contributed by atoms with Gasteiger partial charge in [0, 0.05) is 41.5 Å². The fourth-order valence-corrected chi connectivity index (χ4v) is 3.05. The van der Waals surface area contributed by atoms with Crippen molar-refractivity contribution in [2.75, 3.05) is 10.6 Å². The molecule has 0 aliphatic heterocycles. The van der Waals surface area contributed by atoms with Crippen LogP contribution in [0.4, 0.5) is 27.1 Å². The maximum absolute atomic E-state index is 13.3. The molecule has 150 valence electrons. The highest BCUT2D eigenvalue weighted by molar-refractivity contribution is 5.93. The second kappa shape index (κ2) is 8.04. The van der Waals surface area contributed by atoms with Gasteiger partial charge < -0.3 is 15.1 Å². The molecule has 0 radical (unpaired) electrons. The number of benzene rings is 3. The minimum absolute atomic E-state index is 0.101. The van der Waals surface area contributed by atoms with Crippen molar-refractivity contribution in [3.63, 3.8) is 0 Å². The fraction of sp³-hybridized carbons (Fsp3) is 0.0455. The number of nitrogens with zero attached hydrogens (tertiary/aromatic N) is 1. The van der Waals surface area contributed by atoms with E-state index in [0.29, 0.717) is 23.3 Å². The number of rotatable bonds is 6. The second-order valence-electron chi connectivity index (χ2n) is 6.60. The SMILES string of the molecule is O=c1cc(Nc2ccc(NCc3cccc(F)c3)cc2)c2cc([N+](=O)[O-])ccc2o1. The normalized spacial score (nSPS) is 10.7. The van der Waals surface area contributed by atoms with Crippen molar-refractivity contribution < 1.29 is 13.7 Å². The molecule has 0 aliphatic carbocycles. The van der Waals surface area contributed by atoms with Crippen LogP contribution in [-0.2, 0) is 6.54 Å². The van der Waals surface area contributed by atoms with Crippen molar-refractivity contribution in [1.29, 1.82) is 0 Å². The summed E-state index contributed by atoms with van der Waals surface area (Å²) in [5.41, 5.74) is 2.33. The number of non-ortho nitro benzene ring substituents is 1. The molecule has 1 aromatic heterocycles. The van der Waals surface area contributed by atoms with Gasteiger partial charge in [-0.1, -0.05) is 12.1 Å². The molecule has 4 rings (SSSR count). The number of hydrogen-bond acceptors (Lipinski definition) is 6. The van der Waals surface area contributed by atoms with Crippen LogP contribution in [0.5, 0.6) is 0 Å². The Morgan fingerprint density at radius 1 is 0.967 bits per heavy atom. The Balaban J connectivity index is 1.54. The first kappa shape index (κ1) is 19.1. The van der Waals surface area contributed by atoms with E-state index in [1.165, 1.54) is 36.4 Å². The van der Waals surface area contributed by atoms with Crippen LogP contribution in [0.25, 0.3) is 11.0 Å². The third-order valence-electron chi connectivity index (χ3n) is 4.49. The Kier molecular flexibility index (Phi) is 5.13. The summed E-state index contributed by atoms with van der Waals surface area (Å²) < 4.78 is 18.4. The van der Waals surface area contributed by atoms with E-state index >= 15 is 0 Å². The molecule has 30 heavy (non-hydrogen) atoms. The predicted molar refractivity (Wildman–Crippen MR) is 113 cm³/mol. The number of hydrogen-bond donors (Lipinski definition) is 2. The molecule has 0 saturated carbocycles. The minimum Gasteiger partial charge on any atom is -0.423 e. The van der Waals surface area contributed by atoms with Crippen molar-refractivity contribution >= 4 is 33.7 Å². The van der Waals surface area contributed by atoms with Gasteiger partial charge in [-0.2, -0.15) is 0 Å². The van der Waals surface area contributed by atoms with Gasteiger partial charge in [-0.05, 0) is 48.0 Å². The van der Waals surface area contributed by atoms with E-state index in [1.54, 1.807) is 18.2 Å². The third-order valence-corrected chi connectivity index (χ3v) is 4.49. The van der Waals surface area contributed by atoms with Crippen molar-refractivity contribution in [3.8, 4) is 0 Å².